The Labute approximate surface area is 108 Å². The van der Waals surface area contributed by atoms with Crippen molar-refractivity contribution in [3.63, 3.8) is 0 Å². The Bertz CT molecular complexity index is 284. The van der Waals surface area contributed by atoms with Gasteiger partial charge < -0.3 is 20.9 Å². The van der Waals surface area contributed by atoms with Gasteiger partial charge in [-0.15, -0.1) is 0 Å². The normalized spacial score (nSPS) is 23.2. The van der Waals surface area contributed by atoms with Crippen LogP contribution < -0.4 is 16.0 Å². The molecule has 18 heavy (non-hydrogen) atoms. The first-order valence-electron chi connectivity index (χ1n) is 6.45. The van der Waals surface area contributed by atoms with E-state index in [0.717, 1.165) is 13.1 Å². The number of amides is 2. The summed E-state index contributed by atoms with van der Waals surface area (Å²) in [5.74, 6) is 0.127. The third-order valence-electron chi connectivity index (χ3n) is 3.49. The maximum absolute atomic E-state index is 12.0. The van der Waals surface area contributed by atoms with Crippen LogP contribution in [0.2, 0.25) is 0 Å². The Balaban J connectivity index is 2.33. The molecule has 1 heterocycles. The molecule has 2 amide bonds. The maximum atomic E-state index is 12.0. The minimum atomic E-state index is -0.00887. The molecule has 1 saturated heterocycles. The molecule has 0 saturated carbocycles. The van der Waals surface area contributed by atoms with Crippen LogP contribution in [0.25, 0.3) is 0 Å². The lowest BCUT2D eigenvalue weighted by Gasteiger charge is -2.15. The van der Waals surface area contributed by atoms with Crippen molar-refractivity contribution in [3.8, 4) is 0 Å². The third kappa shape index (κ3) is 3.96. The second-order valence-corrected chi connectivity index (χ2v) is 4.62. The van der Waals surface area contributed by atoms with Gasteiger partial charge in [0.2, 0.25) is 11.8 Å². The molecule has 0 bridgehead atoms. The summed E-state index contributed by atoms with van der Waals surface area (Å²) >= 11 is 0. The van der Waals surface area contributed by atoms with Crippen molar-refractivity contribution < 1.29 is 9.59 Å². The van der Waals surface area contributed by atoms with Crippen LogP contribution in [0.1, 0.15) is 19.3 Å². The predicted molar refractivity (Wildman–Crippen MR) is 70.2 cm³/mol. The van der Waals surface area contributed by atoms with Gasteiger partial charge in [0.25, 0.3) is 0 Å². The summed E-state index contributed by atoms with van der Waals surface area (Å²) in [5, 5.41) is 8.98. The highest BCUT2D eigenvalue weighted by Gasteiger charge is 2.32. The van der Waals surface area contributed by atoms with E-state index in [1.165, 1.54) is 0 Å². The zero-order valence-electron chi connectivity index (χ0n) is 11.5. The fraction of sp³-hybridized carbons (Fsp3) is 0.833. The number of likely N-dealkylation sites (N-methyl/N-ethyl adjacent to an activating group) is 2. The number of nitrogens with zero attached hydrogens (tertiary/aromatic N) is 1. The van der Waals surface area contributed by atoms with Crippen molar-refractivity contribution in [3.05, 3.63) is 0 Å². The molecule has 0 aromatic heterocycles. The number of carbonyl (C=O) groups excluding carboxylic acids is 2. The Morgan fingerprint density at radius 1 is 1.06 bits per heavy atom. The van der Waals surface area contributed by atoms with Crippen LogP contribution in [0.3, 0.4) is 0 Å². The average Bonchev–Trinajstić information content (AvgIpc) is 2.81. The van der Waals surface area contributed by atoms with Gasteiger partial charge in [0, 0.05) is 45.1 Å². The first kappa shape index (κ1) is 14.9. The molecule has 0 radical (unpaired) electrons. The van der Waals surface area contributed by atoms with Crippen molar-refractivity contribution in [1.82, 2.24) is 20.9 Å². The summed E-state index contributed by atoms with van der Waals surface area (Å²) in [7, 11) is 5.43. The zero-order chi connectivity index (χ0) is 13.5. The van der Waals surface area contributed by atoms with Crippen LogP contribution in [0.15, 0.2) is 0 Å². The summed E-state index contributed by atoms with van der Waals surface area (Å²) in [4.78, 5) is 24.9. The molecule has 0 spiro atoms. The molecule has 6 heteroatoms. The number of hydrogen-bond donors (Lipinski definition) is 3. The Kier molecular flexibility index (Phi) is 6.07. The molecule has 0 aromatic rings. The highest BCUT2D eigenvalue weighted by Crippen LogP contribution is 2.12. The lowest BCUT2D eigenvalue weighted by molar-refractivity contribution is -0.130. The number of carbonyl (C=O) groups is 2. The van der Waals surface area contributed by atoms with Crippen LogP contribution in [0.5, 0.6) is 0 Å². The number of likely N-dealkylation sites (tertiary alicyclic amines) is 1. The van der Waals surface area contributed by atoms with Crippen molar-refractivity contribution >= 4 is 11.8 Å². The summed E-state index contributed by atoms with van der Waals surface area (Å²) in [5.41, 5.74) is 0. The molecule has 0 aromatic carbocycles. The molecule has 3 N–H and O–H groups in total. The third-order valence-corrected chi connectivity index (χ3v) is 3.49. The quantitative estimate of drug-likeness (QED) is 0.565. The van der Waals surface area contributed by atoms with E-state index in [1.54, 1.807) is 7.05 Å². The molecule has 104 valence electrons. The van der Waals surface area contributed by atoms with Crippen LogP contribution in [-0.4, -0.2) is 63.0 Å². The number of hydrogen-bond acceptors (Lipinski definition) is 4. The van der Waals surface area contributed by atoms with E-state index < -0.39 is 0 Å². The zero-order valence-corrected chi connectivity index (χ0v) is 11.5. The van der Waals surface area contributed by atoms with Crippen molar-refractivity contribution in [2.45, 2.75) is 31.3 Å². The van der Waals surface area contributed by atoms with Gasteiger partial charge in [-0.3, -0.25) is 9.59 Å². The van der Waals surface area contributed by atoms with Gasteiger partial charge in [0.05, 0.1) is 0 Å². The fourth-order valence-electron chi connectivity index (χ4n) is 2.28. The molecular formula is C12H24N4O2. The SMILES string of the molecule is CNC(=O)CCCC(=O)N1C[C@H](NC)[C@@H](NC)C1. The Morgan fingerprint density at radius 3 is 2.06 bits per heavy atom. The van der Waals surface area contributed by atoms with E-state index in [2.05, 4.69) is 16.0 Å². The molecule has 1 aliphatic heterocycles. The number of rotatable bonds is 6. The lowest BCUT2D eigenvalue weighted by atomic mass is 10.2. The molecule has 1 fully saturated rings. The Morgan fingerprint density at radius 2 is 1.61 bits per heavy atom. The van der Waals surface area contributed by atoms with E-state index >= 15 is 0 Å². The van der Waals surface area contributed by atoms with Crippen LogP contribution in [0, 0.1) is 0 Å². The maximum Gasteiger partial charge on any atom is 0.222 e. The van der Waals surface area contributed by atoms with Gasteiger partial charge >= 0.3 is 0 Å². The monoisotopic (exact) mass is 256 g/mol. The van der Waals surface area contributed by atoms with E-state index in [-0.39, 0.29) is 11.8 Å². The summed E-state index contributed by atoms with van der Waals surface area (Å²) in [6, 6.07) is 0.607. The molecule has 0 unspecified atom stereocenters. The molecule has 0 aliphatic carbocycles. The molecule has 2 atom stereocenters. The molecular weight excluding hydrogens is 232 g/mol. The molecule has 6 nitrogen and oxygen atoms in total. The van der Waals surface area contributed by atoms with E-state index in [9.17, 15) is 9.59 Å². The fourth-order valence-corrected chi connectivity index (χ4v) is 2.28. The minimum Gasteiger partial charge on any atom is -0.359 e. The van der Waals surface area contributed by atoms with Crippen LogP contribution in [-0.2, 0) is 9.59 Å². The summed E-state index contributed by atoms with van der Waals surface area (Å²) in [6.07, 6.45) is 1.48. The van der Waals surface area contributed by atoms with Crippen molar-refractivity contribution in [2.24, 2.45) is 0 Å². The minimum absolute atomic E-state index is 0.00887. The van der Waals surface area contributed by atoms with Gasteiger partial charge in [0.1, 0.15) is 0 Å². The van der Waals surface area contributed by atoms with E-state index in [4.69, 9.17) is 0 Å². The van der Waals surface area contributed by atoms with Gasteiger partial charge in [-0.1, -0.05) is 0 Å². The number of nitrogens with one attached hydrogen (secondary N) is 3. The average molecular weight is 256 g/mol. The van der Waals surface area contributed by atoms with Crippen LogP contribution in [0.4, 0.5) is 0 Å². The van der Waals surface area contributed by atoms with Crippen molar-refractivity contribution in [2.75, 3.05) is 34.2 Å². The summed E-state index contributed by atoms with van der Waals surface area (Å²) in [6.45, 7) is 1.47. The second kappa shape index (κ2) is 7.33. The first-order chi connectivity index (χ1) is 8.62. The Hall–Kier alpha value is -1.14. The van der Waals surface area contributed by atoms with Gasteiger partial charge in [-0.2, -0.15) is 0 Å². The molecule has 1 aliphatic rings. The smallest absolute Gasteiger partial charge is 0.222 e. The van der Waals surface area contributed by atoms with E-state index in [1.807, 2.05) is 19.0 Å². The topological polar surface area (TPSA) is 73.5 Å². The van der Waals surface area contributed by atoms with Crippen LogP contribution >= 0.6 is 0 Å². The van der Waals surface area contributed by atoms with E-state index in [0.29, 0.717) is 31.3 Å². The molecule has 1 rings (SSSR count). The highest BCUT2D eigenvalue weighted by atomic mass is 16.2. The first-order valence-corrected chi connectivity index (χ1v) is 6.45. The van der Waals surface area contributed by atoms with Gasteiger partial charge in [-0.25, -0.2) is 0 Å². The van der Waals surface area contributed by atoms with Crippen molar-refractivity contribution in [1.29, 1.82) is 0 Å². The summed E-state index contributed by atoms with van der Waals surface area (Å²) < 4.78 is 0. The second-order valence-electron chi connectivity index (χ2n) is 4.62. The lowest BCUT2D eigenvalue weighted by Crippen LogP contribution is -2.43. The predicted octanol–water partition coefficient (Wildman–Crippen LogP) is -1.08. The van der Waals surface area contributed by atoms with Gasteiger partial charge in [0.15, 0.2) is 0 Å². The standard InChI is InChI=1S/C12H24N4O2/c1-13-9-7-16(8-10(9)14-2)12(18)6-4-5-11(17)15-3/h9-10,13-14H,4-8H2,1-3H3,(H,15,17)/t9-,10-/m0/s1. The van der Waals surface area contributed by atoms with Gasteiger partial charge in [-0.05, 0) is 20.5 Å². The highest BCUT2D eigenvalue weighted by molar-refractivity contribution is 5.79. The largest absolute Gasteiger partial charge is 0.359 e.